The van der Waals surface area contributed by atoms with Crippen molar-refractivity contribution < 1.29 is 28.2 Å². The largest absolute Gasteiger partial charge is 0.497 e. The molecule has 3 aromatic rings. The van der Waals surface area contributed by atoms with E-state index < -0.39 is 23.6 Å². The zero-order chi connectivity index (χ0) is 21.0. The second-order valence-electron chi connectivity index (χ2n) is 6.45. The van der Waals surface area contributed by atoms with Crippen LogP contribution in [0.4, 0.5) is 0 Å². The quantitative estimate of drug-likeness (QED) is 0.365. The normalized spacial score (nSPS) is 12.0. The van der Waals surface area contributed by atoms with Crippen LogP contribution in [0.5, 0.6) is 5.75 Å². The average molecular weight is 399 g/mol. The molecule has 8 heteroatoms. The minimum absolute atomic E-state index is 0.0514. The predicted octanol–water partition coefficient (Wildman–Crippen LogP) is 2.28. The number of benzene rings is 2. The van der Waals surface area contributed by atoms with Crippen LogP contribution in [0.2, 0.25) is 0 Å². The van der Waals surface area contributed by atoms with E-state index in [4.69, 9.17) is 19.6 Å². The van der Waals surface area contributed by atoms with E-state index in [0.29, 0.717) is 22.3 Å². The summed E-state index contributed by atoms with van der Waals surface area (Å²) in [6.07, 6.45) is 0.0491. The molecular formula is C21H21NO7. The first-order valence-electron chi connectivity index (χ1n) is 8.95. The van der Waals surface area contributed by atoms with Crippen molar-refractivity contribution in [2.75, 3.05) is 14.2 Å². The highest BCUT2D eigenvalue weighted by molar-refractivity contribution is 6.07. The Kier molecular flexibility index (Phi) is 6.13. The summed E-state index contributed by atoms with van der Waals surface area (Å²) >= 11 is 0. The van der Waals surface area contributed by atoms with Crippen LogP contribution < -0.4 is 16.1 Å². The Labute approximate surface area is 166 Å². The molecule has 0 spiro atoms. The molecule has 8 nitrogen and oxygen atoms in total. The fourth-order valence-electron chi connectivity index (χ4n) is 3.06. The maximum atomic E-state index is 12.1. The molecule has 29 heavy (non-hydrogen) atoms. The van der Waals surface area contributed by atoms with Gasteiger partial charge in [-0.15, -0.1) is 0 Å². The van der Waals surface area contributed by atoms with Gasteiger partial charge in [-0.2, -0.15) is 0 Å². The number of ether oxygens (including phenoxy) is 3. The molecule has 1 aromatic heterocycles. The van der Waals surface area contributed by atoms with Crippen molar-refractivity contribution >= 4 is 33.7 Å². The summed E-state index contributed by atoms with van der Waals surface area (Å²) in [5, 5.41) is 2.40. The van der Waals surface area contributed by atoms with Crippen LogP contribution in [-0.2, 0) is 25.7 Å². The Morgan fingerprint density at radius 2 is 1.90 bits per heavy atom. The lowest BCUT2D eigenvalue weighted by Crippen LogP contribution is -2.32. The average Bonchev–Trinajstić information content (AvgIpc) is 2.74. The highest BCUT2D eigenvalue weighted by Crippen LogP contribution is 2.30. The van der Waals surface area contributed by atoms with Gasteiger partial charge in [0.1, 0.15) is 24.0 Å². The van der Waals surface area contributed by atoms with Crippen LogP contribution in [0.1, 0.15) is 18.4 Å². The molecule has 2 aromatic carbocycles. The van der Waals surface area contributed by atoms with Crippen molar-refractivity contribution in [2.45, 2.75) is 25.5 Å². The van der Waals surface area contributed by atoms with Crippen molar-refractivity contribution in [3.8, 4) is 5.75 Å². The highest BCUT2D eigenvalue weighted by Gasteiger charge is 2.17. The summed E-state index contributed by atoms with van der Waals surface area (Å²) in [4.78, 5) is 35.3. The lowest BCUT2D eigenvalue weighted by molar-refractivity contribution is -0.146. The van der Waals surface area contributed by atoms with Gasteiger partial charge in [-0.05, 0) is 35.4 Å². The Balaban J connectivity index is 1.86. The number of esters is 2. The molecule has 0 saturated carbocycles. The smallest absolute Gasteiger partial charge is 0.336 e. The second-order valence-corrected chi connectivity index (χ2v) is 6.45. The van der Waals surface area contributed by atoms with E-state index in [1.165, 1.54) is 13.2 Å². The molecule has 0 amide bonds. The highest BCUT2D eigenvalue weighted by atomic mass is 16.5. The minimum atomic E-state index is -0.895. The summed E-state index contributed by atoms with van der Waals surface area (Å²) in [5.74, 6) is -0.482. The molecule has 0 aliphatic carbocycles. The summed E-state index contributed by atoms with van der Waals surface area (Å²) in [6.45, 7) is -0.120. The fourth-order valence-corrected chi connectivity index (χ4v) is 3.06. The van der Waals surface area contributed by atoms with Crippen LogP contribution >= 0.6 is 0 Å². The third-order valence-electron chi connectivity index (χ3n) is 4.57. The number of methoxy groups -OCH3 is 2. The molecule has 0 aliphatic rings. The molecule has 0 radical (unpaired) electrons. The molecule has 0 unspecified atom stereocenters. The number of nitrogens with two attached hydrogens (primary N) is 1. The number of hydrogen-bond acceptors (Lipinski definition) is 8. The van der Waals surface area contributed by atoms with Gasteiger partial charge >= 0.3 is 17.6 Å². The molecular weight excluding hydrogens is 378 g/mol. The molecule has 2 N–H and O–H groups in total. The van der Waals surface area contributed by atoms with E-state index in [1.807, 2.05) is 24.3 Å². The third-order valence-corrected chi connectivity index (χ3v) is 4.57. The summed E-state index contributed by atoms with van der Waals surface area (Å²) < 4.78 is 20.4. The number of rotatable bonds is 7. The number of carbonyl (C=O) groups excluding carboxylic acids is 2. The van der Waals surface area contributed by atoms with Gasteiger partial charge in [0.15, 0.2) is 0 Å². The van der Waals surface area contributed by atoms with E-state index in [-0.39, 0.29) is 19.4 Å². The van der Waals surface area contributed by atoms with Crippen LogP contribution in [0.25, 0.3) is 21.7 Å². The van der Waals surface area contributed by atoms with Gasteiger partial charge in [0.05, 0.1) is 14.2 Å². The molecule has 152 valence electrons. The van der Waals surface area contributed by atoms with E-state index in [9.17, 15) is 14.4 Å². The molecule has 3 rings (SSSR count). The minimum Gasteiger partial charge on any atom is -0.497 e. The van der Waals surface area contributed by atoms with Crippen LogP contribution in [0.15, 0.2) is 45.6 Å². The van der Waals surface area contributed by atoms with Crippen molar-refractivity contribution in [2.24, 2.45) is 5.73 Å². The lowest BCUT2D eigenvalue weighted by atomic mass is 10.0. The molecule has 1 atom stereocenters. The van der Waals surface area contributed by atoms with E-state index in [2.05, 4.69) is 4.74 Å². The molecule has 0 aliphatic heterocycles. The van der Waals surface area contributed by atoms with Gasteiger partial charge in [0.2, 0.25) is 0 Å². The standard InChI is InChI=1S/C21H21NO7/c1-26-14-5-3-12-4-7-17-20(15(12)10-14)13(9-19(24)29-17)11-28-18(23)8-6-16(22)21(25)27-2/h3-5,7,9-10,16H,6,8,11,22H2,1-2H3/t16-/m0/s1. The van der Waals surface area contributed by atoms with E-state index in [0.717, 1.165) is 10.8 Å². The van der Waals surface area contributed by atoms with Gasteiger partial charge in [-0.3, -0.25) is 9.59 Å². The lowest BCUT2D eigenvalue weighted by Gasteiger charge is -2.11. The summed E-state index contributed by atoms with van der Waals surface area (Å²) in [5.41, 5.74) is 5.98. The monoisotopic (exact) mass is 399 g/mol. The third kappa shape index (κ3) is 4.55. The molecule has 0 fully saturated rings. The predicted molar refractivity (Wildman–Crippen MR) is 106 cm³/mol. The van der Waals surface area contributed by atoms with E-state index >= 15 is 0 Å². The first-order valence-corrected chi connectivity index (χ1v) is 8.95. The van der Waals surface area contributed by atoms with Crippen molar-refractivity contribution in [3.05, 3.63) is 52.4 Å². The molecule has 1 heterocycles. The van der Waals surface area contributed by atoms with Crippen molar-refractivity contribution in [1.29, 1.82) is 0 Å². The Bertz CT molecular complexity index is 1120. The van der Waals surface area contributed by atoms with Crippen molar-refractivity contribution in [1.82, 2.24) is 0 Å². The zero-order valence-corrected chi connectivity index (χ0v) is 16.1. The number of fused-ring (bicyclic) bond motifs is 3. The second kappa shape index (κ2) is 8.74. The SMILES string of the molecule is COC(=O)[C@@H](N)CCC(=O)OCc1cc(=O)oc2ccc3ccc(OC)cc3c12. The van der Waals surface area contributed by atoms with Crippen LogP contribution in [-0.4, -0.2) is 32.2 Å². The Morgan fingerprint density at radius 1 is 1.14 bits per heavy atom. The Morgan fingerprint density at radius 3 is 2.62 bits per heavy atom. The van der Waals surface area contributed by atoms with Crippen LogP contribution in [0.3, 0.4) is 0 Å². The first-order chi connectivity index (χ1) is 13.9. The maximum absolute atomic E-state index is 12.1. The topological polar surface area (TPSA) is 118 Å². The first kappa shape index (κ1) is 20.3. The van der Waals surface area contributed by atoms with Crippen LogP contribution in [0, 0.1) is 0 Å². The van der Waals surface area contributed by atoms with Gasteiger partial charge in [0.25, 0.3) is 0 Å². The number of carbonyl (C=O) groups is 2. The van der Waals surface area contributed by atoms with Gasteiger partial charge in [-0.25, -0.2) is 4.79 Å². The summed E-state index contributed by atoms with van der Waals surface area (Å²) in [7, 11) is 2.79. The fraction of sp³-hybridized carbons (Fsp3) is 0.286. The van der Waals surface area contributed by atoms with E-state index in [1.54, 1.807) is 13.2 Å². The zero-order valence-electron chi connectivity index (χ0n) is 16.1. The summed E-state index contributed by atoms with van der Waals surface area (Å²) in [6, 6.07) is 9.50. The van der Waals surface area contributed by atoms with Crippen molar-refractivity contribution in [3.63, 3.8) is 0 Å². The van der Waals surface area contributed by atoms with Gasteiger partial charge in [-0.1, -0.05) is 12.1 Å². The Hall–Kier alpha value is -3.39. The molecule has 0 saturated heterocycles. The van der Waals surface area contributed by atoms with Gasteiger partial charge in [0, 0.05) is 23.4 Å². The number of hydrogen-bond donors (Lipinski definition) is 1. The van der Waals surface area contributed by atoms with Gasteiger partial charge < -0.3 is 24.4 Å². The molecule has 0 bridgehead atoms. The maximum Gasteiger partial charge on any atom is 0.336 e.